The summed E-state index contributed by atoms with van der Waals surface area (Å²) in [5.74, 6) is 0.411. The number of aromatic nitrogens is 1. The van der Waals surface area contributed by atoms with Crippen LogP contribution in [0.1, 0.15) is 30.9 Å². The number of piperidine rings is 1. The summed E-state index contributed by atoms with van der Waals surface area (Å²) in [7, 11) is 0. The number of likely N-dealkylation sites (tertiary alicyclic amines) is 1. The van der Waals surface area contributed by atoms with Crippen molar-refractivity contribution >= 4 is 18.5 Å². The Morgan fingerprint density at radius 1 is 1.56 bits per heavy atom. The van der Waals surface area contributed by atoms with Gasteiger partial charge in [0, 0.05) is 18.9 Å². The number of hydrogen-bond acceptors (Lipinski definition) is 3. The molecule has 0 bridgehead atoms. The average Bonchev–Trinajstić information content (AvgIpc) is 2.39. The molecule has 0 aliphatic carbocycles. The molecule has 4 heteroatoms. The molecule has 2 heterocycles. The van der Waals surface area contributed by atoms with Gasteiger partial charge in [0.25, 0.3) is 0 Å². The third kappa shape index (κ3) is 2.38. The Balaban J connectivity index is 2.20. The molecule has 3 nitrogen and oxygen atoms in total. The lowest BCUT2D eigenvalue weighted by molar-refractivity contribution is -0.132. The van der Waals surface area contributed by atoms with E-state index in [1.54, 1.807) is 6.20 Å². The zero-order chi connectivity index (χ0) is 11.4. The predicted octanol–water partition coefficient (Wildman–Crippen LogP) is 2.06. The van der Waals surface area contributed by atoms with Gasteiger partial charge in [-0.1, -0.05) is 6.07 Å². The third-order valence-electron chi connectivity index (χ3n) is 3.03. The molecular formula is C12H16N2OS. The number of carbonyl (C=O) groups excluding carboxylic acids is 1. The molecule has 1 aromatic rings. The molecule has 1 unspecified atom stereocenters. The van der Waals surface area contributed by atoms with Gasteiger partial charge in [-0.25, -0.2) is 0 Å². The summed E-state index contributed by atoms with van der Waals surface area (Å²) in [5.41, 5.74) is 1.14. The molecule has 86 valence electrons. The molecular weight excluding hydrogens is 220 g/mol. The van der Waals surface area contributed by atoms with E-state index in [0.29, 0.717) is 0 Å². The van der Waals surface area contributed by atoms with E-state index >= 15 is 0 Å². The molecule has 1 fully saturated rings. The second kappa shape index (κ2) is 5.34. The summed E-state index contributed by atoms with van der Waals surface area (Å²) in [5, 5.41) is 0. The van der Waals surface area contributed by atoms with Crippen LogP contribution in [0.15, 0.2) is 24.5 Å². The summed E-state index contributed by atoms with van der Waals surface area (Å²) in [6.07, 6.45) is 6.92. The van der Waals surface area contributed by atoms with Crippen molar-refractivity contribution in [2.24, 2.45) is 0 Å². The first-order chi connectivity index (χ1) is 7.83. The Hall–Kier alpha value is -1.03. The summed E-state index contributed by atoms with van der Waals surface area (Å²) in [4.78, 5) is 17.8. The molecule has 1 aliphatic rings. The van der Waals surface area contributed by atoms with E-state index < -0.39 is 0 Å². The standard InChI is InChI=1S/C12H16N2OS/c15-12(9-16)14-7-2-1-5-11(14)10-4-3-6-13-8-10/h3-4,6,8,11,16H,1-2,5,7,9H2. The number of hydrogen-bond donors (Lipinski definition) is 1. The lowest BCUT2D eigenvalue weighted by Crippen LogP contribution is -2.39. The molecule has 1 atom stereocenters. The maximum Gasteiger partial charge on any atom is 0.232 e. The molecule has 1 aliphatic heterocycles. The van der Waals surface area contributed by atoms with Crippen molar-refractivity contribution in [2.75, 3.05) is 12.3 Å². The maximum atomic E-state index is 11.8. The molecule has 0 saturated carbocycles. The molecule has 0 aromatic carbocycles. The summed E-state index contributed by atoms with van der Waals surface area (Å²) in [6, 6.07) is 4.16. The quantitative estimate of drug-likeness (QED) is 0.797. The maximum absolute atomic E-state index is 11.8. The van der Waals surface area contributed by atoms with Crippen molar-refractivity contribution < 1.29 is 4.79 Å². The van der Waals surface area contributed by atoms with Gasteiger partial charge in [0.05, 0.1) is 11.8 Å². The Labute approximate surface area is 101 Å². The summed E-state index contributed by atoms with van der Waals surface area (Å²) >= 11 is 4.07. The van der Waals surface area contributed by atoms with Crippen molar-refractivity contribution in [1.29, 1.82) is 0 Å². The van der Waals surface area contributed by atoms with Gasteiger partial charge in [-0.05, 0) is 30.9 Å². The summed E-state index contributed by atoms with van der Waals surface area (Å²) in [6.45, 7) is 0.846. The van der Waals surface area contributed by atoms with E-state index in [-0.39, 0.29) is 17.7 Å². The van der Waals surface area contributed by atoms with Crippen molar-refractivity contribution in [3.63, 3.8) is 0 Å². The zero-order valence-corrected chi connectivity index (χ0v) is 10.1. The third-order valence-corrected chi connectivity index (χ3v) is 3.30. The van der Waals surface area contributed by atoms with Crippen LogP contribution in [0, 0.1) is 0 Å². The van der Waals surface area contributed by atoms with Crippen LogP contribution in [0.25, 0.3) is 0 Å². The van der Waals surface area contributed by atoms with Crippen molar-refractivity contribution in [1.82, 2.24) is 9.88 Å². The van der Waals surface area contributed by atoms with Gasteiger partial charge in [0.15, 0.2) is 0 Å². The Morgan fingerprint density at radius 3 is 3.12 bits per heavy atom. The first-order valence-electron chi connectivity index (χ1n) is 5.63. The number of pyridine rings is 1. The number of thiol groups is 1. The SMILES string of the molecule is O=C(CS)N1CCCCC1c1cccnc1. The highest BCUT2D eigenvalue weighted by molar-refractivity contribution is 7.81. The molecule has 0 radical (unpaired) electrons. The van der Waals surface area contributed by atoms with Gasteiger partial charge in [-0.15, -0.1) is 0 Å². The van der Waals surface area contributed by atoms with Gasteiger partial charge in [-0.2, -0.15) is 12.6 Å². The van der Waals surface area contributed by atoms with Crippen molar-refractivity contribution in [2.45, 2.75) is 25.3 Å². The van der Waals surface area contributed by atoms with Gasteiger partial charge in [0.2, 0.25) is 5.91 Å². The van der Waals surface area contributed by atoms with Crippen LogP contribution < -0.4 is 0 Å². The minimum absolute atomic E-state index is 0.122. The highest BCUT2D eigenvalue weighted by atomic mass is 32.1. The molecule has 0 N–H and O–H groups in total. The largest absolute Gasteiger partial charge is 0.335 e. The van der Waals surface area contributed by atoms with E-state index in [1.807, 2.05) is 23.2 Å². The van der Waals surface area contributed by atoms with Gasteiger partial charge in [0.1, 0.15) is 0 Å². The molecule has 16 heavy (non-hydrogen) atoms. The van der Waals surface area contributed by atoms with E-state index in [4.69, 9.17) is 0 Å². The van der Waals surface area contributed by atoms with Crippen LogP contribution in [-0.2, 0) is 4.79 Å². The Kier molecular flexibility index (Phi) is 3.83. The highest BCUT2D eigenvalue weighted by Gasteiger charge is 2.26. The van der Waals surface area contributed by atoms with Crippen molar-refractivity contribution in [3.8, 4) is 0 Å². The normalized spacial score (nSPS) is 20.8. The van der Waals surface area contributed by atoms with E-state index in [9.17, 15) is 4.79 Å². The van der Waals surface area contributed by atoms with Crippen LogP contribution in [0.5, 0.6) is 0 Å². The number of rotatable bonds is 2. The average molecular weight is 236 g/mol. The van der Waals surface area contributed by atoms with Crippen molar-refractivity contribution in [3.05, 3.63) is 30.1 Å². The van der Waals surface area contributed by atoms with Crippen LogP contribution in [0.2, 0.25) is 0 Å². The fraction of sp³-hybridized carbons (Fsp3) is 0.500. The zero-order valence-electron chi connectivity index (χ0n) is 9.17. The minimum atomic E-state index is 0.122. The topological polar surface area (TPSA) is 33.2 Å². The molecule has 1 amide bonds. The van der Waals surface area contributed by atoms with Gasteiger partial charge >= 0.3 is 0 Å². The molecule has 0 spiro atoms. The fourth-order valence-corrected chi connectivity index (χ4v) is 2.42. The van der Waals surface area contributed by atoms with Crippen LogP contribution >= 0.6 is 12.6 Å². The van der Waals surface area contributed by atoms with Gasteiger partial charge < -0.3 is 4.90 Å². The molecule has 1 saturated heterocycles. The van der Waals surface area contributed by atoms with E-state index in [2.05, 4.69) is 17.6 Å². The van der Waals surface area contributed by atoms with Crippen LogP contribution in [-0.4, -0.2) is 28.1 Å². The molecule has 2 rings (SSSR count). The number of amides is 1. The minimum Gasteiger partial charge on any atom is -0.335 e. The van der Waals surface area contributed by atoms with E-state index in [0.717, 1.165) is 24.9 Å². The first kappa shape index (κ1) is 11.5. The number of nitrogens with zero attached hydrogens (tertiary/aromatic N) is 2. The second-order valence-corrected chi connectivity index (χ2v) is 4.36. The highest BCUT2D eigenvalue weighted by Crippen LogP contribution is 2.30. The smallest absolute Gasteiger partial charge is 0.232 e. The monoisotopic (exact) mass is 236 g/mol. The fourth-order valence-electron chi connectivity index (χ4n) is 2.24. The molecule has 1 aromatic heterocycles. The lowest BCUT2D eigenvalue weighted by atomic mass is 9.96. The van der Waals surface area contributed by atoms with Crippen LogP contribution in [0.4, 0.5) is 0 Å². The van der Waals surface area contributed by atoms with E-state index in [1.165, 1.54) is 6.42 Å². The second-order valence-electron chi connectivity index (χ2n) is 4.04. The lowest BCUT2D eigenvalue weighted by Gasteiger charge is -2.35. The first-order valence-corrected chi connectivity index (χ1v) is 6.26. The van der Waals surface area contributed by atoms with Gasteiger partial charge in [-0.3, -0.25) is 9.78 Å². The predicted molar refractivity (Wildman–Crippen MR) is 66.4 cm³/mol. The Morgan fingerprint density at radius 2 is 2.44 bits per heavy atom. The Bertz CT molecular complexity index is 355. The van der Waals surface area contributed by atoms with Crippen LogP contribution in [0.3, 0.4) is 0 Å². The number of carbonyl (C=O) groups is 1. The summed E-state index contributed by atoms with van der Waals surface area (Å²) < 4.78 is 0.